The van der Waals surface area contributed by atoms with Gasteiger partial charge in [-0.2, -0.15) is 0 Å². The molecule has 3 aromatic rings. The molecule has 0 heterocycles. The molecule has 6 nitrogen and oxygen atoms in total. The Kier molecular flexibility index (Phi) is 8.37. The molecule has 0 aliphatic heterocycles. The van der Waals surface area contributed by atoms with E-state index in [1.54, 1.807) is 0 Å². The lowest BCUT2D eigenvalue weighted by Crippen LogP contribution is -2.19. The Morgan fingerprint density at radius 2 is 1.56 bits per heavy atom. The molecule has 1 fully saturated rings. The minimum atomic E-state index is -1.48. The number of rotatable bonds is 7. The molecule has 13 heteroatoms. The standard InChI is InChI=1S/C26H18Cl4F3N3O3/c1-2-19(37)36-23-17(32)7-8-18(22(23)33)35-24(38)13-10-12(4-5-14(13)27)34-25(39)21-20(26(21,29)30)11-3-6-16(31)15(28)9-11/h3-10,20-21H,2H2,1H3,(H,34,39)(H,35,38)(H,36,37)/t20-,21?/m0/s1. The molecule has 39 heavy (non-hydrogen) atoms. The molecule has 0 spiro atoms. The molecule has 1 unspecified atom stereocenters. The monoisotopic (exact) mass is 617 g/mol. The first-order valence-corrected chi connectivity index (χ1v) is 12.9. The van der Waals surface area contributed by atoms with Crippen LogP contribution in [0.5, 0.6) is 0 Å². The maximum Gasteiger partial charge on any atom is 0.257 e. The van der Waals surface area contributed by atoms with Crippen LogP contribution in [0.4, 0.5) is 30.2 Å². The third-order valence-corrected chi connectivity index (χ3v) is 7.60. The highest BCUT2D eigenvalue weighted by Crippen LogP contribution is 2.65. The van der Waals surface area contributed by atoms with E-state index >= 15 is 0 Å². The zero-order valence-corrected chi connectivity index (χ0v) is 22.9. The number of anilines is 3. The lowest BCUT2D eigenvalue weighted by molar-refractivity contribution is -0.117. The highest BCUT2D eigenvalue weighted by atomic mass is 35.5. The van der Waals surface area contributed by atoms with Gasteiger partial charge in [0.05, 0.1) is 27.2 Å². The average Bonchev–Trinajstić information content (AvgIpc) is 3.47. The van der Waals surface area contributed by atoms with E-state index in [1.165, 1.54) is 37.3 Å². The topological polar surface area (TPSA) is 87.3 Å². The fraction of sp³-hybridized carbons (Fsp3) is 0.192. The van der Waals surface area contributed by atoms with Crippen molar-refractivity contribution >= 4 is 81.2 Å². The number of amides is 3. The van der Waals surface area contributed by atoms with Crippen molar-refractivity contribution in [2.45, 2.75) is 23.6 Å². The zero-order valence-electron chi connectivity index (χ0n) is 19.9. The van der Waals surface area contributed by atoms with E-state index in [9.17, 15) is 27.6 Å². The summed E-state index contributed by atoms with van der Waals surface area (Å²) in [7, 11) is 0. The first-order chi connectivity index (χ1) is 18.3. The maximum atomic E-state index is 14.8. The number of benzene rings is 3. The number of hydrogen-bond donors (Lipinski definition) is 3. The van der Waals surface area contributed by atoms with Crippen LogP contribution in [-0.4, -0.2) is 22.1 Å². The summed E-state index contributed by atoms with van der Waals surface area (Å²) in [6.07, 6.45) is -0.0165. The number of halogens is 7. The fourth-order valence-electron chi connectivity index (χ4n) is 3.95. The van der Waals surface area contributed by atoms with Gasteiger partial charge in [0.1, 0.15) is 21.7 Å². The molecule has 2 atom stereocenters. The fourth-order valence-corrected chi connectivity index (χ4v) is 5.17. The van der Waals surface area contributed by atoms with Crippen molar-refractivity contribution < 1.29 is 27.6 Å². The Morgan fingerprint density at radius 1 is 0.872 bits per heavy atom. The molecule has 3 amide bonds. The van der Waals surface area contributed by atoms with Gasteiger partial charge in [0, 0.05) is 18.0 Å². The minimum absolute atomic E-state index is 0.0165. The van der Waals surface area contributed by atoms with Gasteiger partial charge < -0.3 is 16.0 Å². The molecule has 3 N–H and O–H groups in total. The van der Waals surface area contributed by atoms with Gasteiger partial charge in [-0.05, 0) is 48.0 Å². The second kappa shape index (κ2) is 11.3. The van der Waals surface area contributed by atoms with Crippen LogP contribution in [-0.2, 0) is 9.59 Å². The Balaban J connectivity index is 1.52. The summed E-state index contributed by atoms with van der Waals surface area (Å²) >= 11 is 24.7. The highest BCUT2D eigenvalue weighted by molar-refractivity contribution is 6.53. The van der Waals surface area contributed by atoms with Crippen molar-refractivity contribution in [1.82, 2.24) is 0 Å². The smallest absolute Gasteiger partial charge is 0.257 e. The molecular formula is C26H18Cl4F3N3O3. The quantitative estimate of drug-likeness (QED) is 0.239. The summed E-state index contributed by atoms with van der Waals surface area (Å²) in [6.45, 7) is 1.51. The van der Waals surface area contributed by atoms with E-state index in [2.05, 4.69) is 16.0 Å². The van der Waals surface area contributed by atoms with Gasteiger partial charge in [0.25, 0.3) is 5.91 Å². The summed E-state index contributed by atoms with van der Waals surface area (Å²) in [5, 5.41) is 6.82. The summed E-state index contributed by atoms with van der Waals surface area (Å²) < 4.78 is 40.9. The molecule has 0 radical (unpaired) electrons. The summed E-state index contributed by atoms with van der Waals surface area (Å²) in [6, 6.07) is 9.77. The normalized spacial score (nSPS) is 17.3. The number of carbonyl (C=O) groups excluding carboxylic acids is 3. The van der Waals surface area contributed by atoms with Crippen LogP contribution >= 0.6 is 46.4 Å². The zero-order chi connectivity index (χ0) is 28.6. The van der Waals surface area contributed by atoms with Crippen molar-refractivity contribution in [3.63, 3.8) is 0 Å². The first-order valence-electron chi connectivity index (χ1n) is 11.4. The van der Waals surface area contributed by atoms with Gasteiger partial charge in [0.2, 0.25) is 11.8 Å². The molecule has 1 saturated carbocycles. The van der Waals surface area contributed by atoms with Crippen LogP contribution in [0.3, 0.4) is 0 Å². The molecule has 1 aliphatic carbocycles. The number of carbonyl (C=O) groups is 3. The van der Waals surface area contributed by atoms with Crippen molar-refractivity contribution in [1.29, 1.82) is 0 Å². The molecule has 204 valence electrons. The van der Waals surface area contributed by atoms with Gasteiger partial charge in [-0.1, -0.05) is 36.2 Å². The second-order valence-corrected chi connectivity index (χ2v) is 10.9. The van der Waals surface area contributed by atoms with Gasteiger partial charge in [0.15, 0.2) is 5.82 Å². The summed E-state index contributed by atoms with van der Waals surface area (Å²) in [5.74, 6) is -6.51. The van der Waals surface area contributed by atoms with E-state index < -0.39 is 62.7 Å². The SMILES string of the molecule is CCC(=O)Nc1c(F)ccc(NC(=O)c2cc(NC(=O)C3[C@H](c4ccc(F)c(Cl)c4)C3(Cl)Cl)ccc2Cl)c1F. The molecule has 0 bridgehead atoms. The molecule has 0 saturated heterocycles. The minimum Gasteiger partial charge on any atom is -0.326 e. The predicted octanol–water partition coefficient (Wildman–Crippen LogP) is 7.54. The lowest BCUT2D eigenvalue weighted by atomic mass is 10.1. The number of nitrogens with one attached hydrogen (secondary N) is 3. The van der Waals surface area contributed by atoms with Crippen molar-refractivity contribution in [3.05, 3.63) is 87.2 Å². The van der Waals surface area contributed by atoms with E-state index in [4.69, 9.17) is 46.4 Å². The van der Waals surface area contributed by atoms with Crippen LogP contribution in [0.25, 0.3) is 0 Å². The van der Waals surface area contributed by atoms with Crippen LogP contribution in [0, 0.1) is 23.4 Å². The predicted molar refractivity (Wildman–Crippen MR) is 145 cm³/mol. The van der Waals surface area contributed by atoms with Crippen LogP contribution in [0.2, 0.25) is 10.0 Å². The van der Waals surface area contributed by atoms with Crippen molar-refractivity contribution in [2.75, 3.05) is 16.0 Å². The van der Waals surface area contributed by atoms with E-state index in [0.717, 1.165) is 18.2 Å². The Hall–Kier alpha value is -2.98. The second-order valence-electron chi connectivity index (χ2n) is 8.63. The molecule has 1 aliphatic rings. The van der Waals surface area contributed by atoms with Gasteiger partial charge >= 0.3 is 0 Å². The molecular weight excluding hydrogens is 601 g/mol. The third kappa shape index (κ3) is 5.96. The van der Waals surface area contributed by atoms with E-state index in [0.29, 0.717) is 5.56 Å². The molecule has 3 aromatic carbocycles. The molecule has 0 aromatic heterocycles. The van der Waals surface area contributed by atoms with E-state index in [1.807, 2.05) is 0 Å². The van der Waals surface area contributed by atoms with Crippen molar-refractivity contribution in [3.8, 4) is 0 Å². The maximum absolute atomic E-state index is 14.8. The largest absolute Gasteiger partial charge is 0.326 e. The number of hydrogen-bond acceptors (Lipinski definition) is 3. The first kappa shape index (κ1) is 29.0. The van der Waals surface area contributed by atoms with Crippen LogP contribution < -0.4 is 16.0 Å². The van der Waals surface area contributed by atoms with Crippen LogP contribution in [0.1, 0.15) is 35.2 Å². The third-order valence-electron chi connectivity index (χ3n) is 6.04. The molecule has 4 rings (SSSR count). The van der Waals surface area contributed by atoms with Gasteiger partial charge in [-0.3, -0.25) is 14.4 Å². The highest BCUT2D eigenvalue weighted by Gasteiger charge is 2.67. The van der Waals surface area contributed by atoms with Crippen molar-refractivity contribution in [2.24, 2.45) is 5.92 Å². The summed E-state index contributed by atoms with van der Waals surface area (Å²) in [4.78, 5) is 37.5. The van der Waals surface area contributed by atoms with Crippen LogP contribution in [0.15, 0.2) is 48.5 Å². The Bertz CT molecular complexity index is 1500. The van der Waals surface area contributed by atoms with Gasteiger partial charge in [-0.25, -0.2) is 13.2 Å². The lowest BCUT2D eigenvalue weighted by Gasteiger charge is -2.13. The van der Waals surface area contributed by atoms with Gasteiger partial charge in [-0.15, -0.1) is 23.2 Å². The summed E-state index contributed by atoms with van der Waals surface area (Å²) in [5.41, 5.74) is -0.640. The Labute approximate surface area is 240 Å². The average molecular weight is 619 g/mol. The van der Waals surface area contributed by atoms with E-state index in [-0.39, 0.29) is 27.7 Å². The number of alkyl halides is 2. The Morgan fingerprint density at radius 3 is 2.23 bits per heavy atom.